The van der Waals surface area contributed by atoms with E-state index in [0.717, 1.165) is 16.7 Å². The molecule has 1 N–H and O–H groups in total. The molecule has 20 heavy (non-hydrogen) atoms. The second-order valence-corrected chi connectivity index (χ2v) is 5.60. The van der Waals surface area contributed by atoms with Gasteiger partial charge >= 0.3 is 12.1 Å². The van der Waals surface area contributed by atoms with Crippen LogP contribution in [-0.2, 0) is 6.18 Å². The number of rotatable bonds is 2. The van der Waals surface area contributed by atoms with Gasteiger partial charge in [0.05, 0.1) is 5.56 Å². The minimum atomic E-state index is -4.55. The summed E-state index contributed by atoms with van der Waals surface area (Å²) in [5, 5.41) is 8.94. The molecule has 0 saturated heterocycles. The highest BCUT2D eigenvalue weighted by Crippen LogP contribution is 2.33. The van der Waals surface area contributed by atoms with Crippen molar-refractivity contribution in [3.05, 3.63) is 50.3 Å². The Balaban J connectivity index is 2.64. The predicted molar refractivity (Wildman–Crippen MR) is 75.5 cm³/mol. The van der Waals surface area contributed by atoms with Crippen molar-refractivity contribution in [1.29, 1.82) is 0 Å². The average molecular weight is 416 g/mol. The van der Waals surface area contributed by atoms with E-state index in [1.807, 2.05) is 22.6 Å². The van der Waals surface area contributed by atoms with Crippen LogP contribution in [0.15, 0.2) is 30.5 Å². The van der Waals surface area contributed by atoms with Crippen molar-refractivity contribution in [3.8, 4) is 5.69 Å². The minimum Gasteiger partial charge on any atom is -0.477 e. The Morgan fingerprint density at radius 1 is 1.25 bits per heavy atom. The zero-order valence-corrected chi connectivity index (χ0v) is 12.5. The van der Waals surface area contributed by atoms with Crippen molar-refractivity contribution in [1.82, 2.24) is 4.57 Å². The van der Waals surface area contributed by atoms with Crippen molar-refractivity contribution in [3.63, 3.8) is 0 Å². The molecule has 106 valence electrons. The van der Waals surface area contributed by atoms with Crippen LogP contribution in [0.1, 0.15) is 16.1 Å². The third-order valence-corrected chi connectivity index (χ3v) is 3.30. The fraction of sp³-hybridized carbons (Fsp3) is 0.0833. The van der Waals surface area contributed by atoms with Crippen molar-refractivity contribution in [2.24, 2.45) is 0 Å². The van der Waals surface area contributed by atoms with Gasteiger partial charge in [0, 0.05) is 20.5 Å². The second kappa shape index (κ2) is 5.28. The van der Waals surface area contributed by atoms with Gasteiger partial charge in [0.2, 0.25) is 0 Å². The van der Waals surface area contributed by atoms with Crippen LogP contribution in [0.5, 0.6) is 0 Å². The van der Waals surface area contributed by atoms with Gasteiger partial charge in [-0.1, -0.05) is 11.6 Å². The van der Waals surface area contributed by atoms with Crippen molar-refractivity contribution >= 4 is 40.2 Å². The summed E-state index contributed by atoms with van der Waals surface area (Å²) in [4.78, 5) is 11.1. The SMILES string of the molecule is O=C(O)c1cc(I)cn1-c1cc(Cl)cc(C(F)(F)F)c1. The summed E-state index contributed by atoms with van der Waals surface area (Å²) >= 11 is 7.56. The fourth-order valence-corrected chi connectivity index (χ4v) is 2.49. The summed E-state index contributed by atoms with van der Waals surface area (Å²) in [5.41, 5.74) is -1.02. The van der Waals surface area contributed by atoms with Crippen molar-refractivity contribution < 1.29 is 23.1 Å². The minimum absolute atomic E-state index is 0.0464. The molecule has 3 nitrogen and oxygen atoms in total. The van der Waals surface area contributed by atoms with Crippen LogP contribution in [0.25, 0.3) is 5.69 Å². The highest BCUT2D eigenvalue weighted by atomic mass is 127. The van der Waals surface area contributed by atoms with Gasteiger partial charge in [-0.2, -0.15) is 13.2 Å². The first-order valence-corrected chi connectivity index (χ1v) is 6.63. The number of aromatic carboxylic acids is 1. The topological polar surface area (TPSA) is 42.2 Å². The van der Waals surface area contributed by atoms with E-state index in [2.05, 4.69) is 0 Å². The van der Waals surface area contributed by atoms with Gasteiger partial charge in [-0.05, 0) is 46.9 Å². The fourth-order valence-electron chi connectivity index (χ4n) is 1.69. The van der Waals surface area contributed by atoms with Gasteiger partial charge in [-0.15, -0.1) is 0 Å². The summed E-state index contributed by atoms with van der Waals surface area (Å²) in [6.07, 6.45) is -3.13. The van der Waals surface area contributed by atoms with Gasteiger partial charge in [-0.25, -0.2) is 4.79 Å². The third-order valence-electron chi connectivity index (χ3n) is 2.49. The summed E-state index contributed by atoms with van der Waals surface area (Å²) in [7, 11) is 0. The number of halogens is 5. The Labute approximate surface area is 130 Å². The lowest BCUT2D eigenvalue weighted by Gasteiger charge is -2.12. The second-order valence-electron chi connectivity index (χ2n) is 3.91. The quantitative estimate of drug-likeness (QED) is 0.737. The maximum absolute atomic E-state index is 12.7. The number of benzene rings is 1. The van der Waals surface area contributed by atoms with Gasteiger partial charge in [-0.3, -0.25) is 0 Å². The molecule has 0 saturated carbocycles. The zero-order chi connectivity index (χ0) is 15.1. The molecule has 0 amide bonds. The highest BCUT2D eigenvalue weighted by molar-refractivity contribution is 14.1. The smallest absolute Gasteiger partial charge is 0.416 e. The molecule has 0 radical (unpaired) electrons. The molecular weight excluding hydrogens is 409 g/mol. The molecule has 1 aromatic heterocycles. The maximum atomic E-state index is 12.7. The number of carboxylic acid groups (broad SMARTS) is 1. The standard InChI is InChI=1S/C12H6ClF3INO2/c13-7-1-6(12(14,15)16)2-9(3-7)18-5-8(17)4-10(18)11(19)20/h1-5H,(H,19,20). The largest absolute Gasteiger partial charge is 0.477 e. The van der Waals surface area contributed by atoms with E-state index < -0.39 is 17.7 Å². The van der Waals surface area contributed by atoms with Gasteiger partial charge in [0.25, 0.3) is 0 Å². The van der Waals surface area contributed by atoms with E-state index in [1.165, 1.54) is 18.3 Å². The van der Waals surface area contributed by atoms with Crippen molar-refractivity contribution in [2.75, 3.05) is 0 Å². The first kappa shape index (κ1) is 15.2. The Bertz CT molecular complexity index is 682. The number of carbonyl (C=O) groups is 1. The first-order valence-electron chi connectivity index (χ1n) is 5.18. The Morgan fingerprint density at radius 3 is 2.45 bits per heavy atom. The van der Waals surface area contributed by atoms with E-state index in [0.29, 0.717) is 3.57 Å². The molecule has 1 aromatic carbocycles. The molecule has 8 heteroatoms. The number of aromatic nitrogens is 1. The third kappa shape index (κ3) is 3.09. The molecule has 0 aliphatic rings. The van der Waals surface area contributed by atoms with Crippen LogP contribution in [0.4, 0.5) is 13.2 Å². The van der Waals surface area contributed by atoms with Gasteiger partial charge in [0.1, 0.15) is 5.69 Å². The van der Waals surface area contributed by atoms with Crippen LogP contribution >= 0.6 is 34.2 Å². The average Bonchev–Trinajstić information content (AvgIpc) is 2.69. The van der Waals surface area contributed by atoms with Crippen LogP contribution in [-0.4, -0.2) is 15.6 Å². The molecular formula is C12H6ClF3INO2. The Hall–Kier alpha value is -1.22. The number of nitrogens with zero attached hydrogens (tertiary/aromatic N) is 1. The molecule has 0 unspecified atom stereocenters. The Morgan fingerprint density at radius 2 is 1.90 bits per heavy atom. The monoisotopic (exact) mass is 415 g/mol. The number of hydrogen-bond acceptors (Lipinski definition) is 1. The molecule has 0 bridgehead atoms. The lowest BCUT2D eigenvalue weighted by atomic mass is 10.2. The molecule has 0 fully saturated rings. The molecule has 0 aliphatic carbocycles. The van der Waals surface area contributed by atoms with Crippen LogP contribution < -0.4 is 0 Å². The van der Waals surface area contributed by atoms with Crippen molar-refractivity contribution in [2.45, 2.75) is 6.18 Å². The summed E-state index contributed by atoms with van der Waals surface area (Å²) in [6, 6.07) is 4.28. The summed E-state index contributed by atoms with van der Waals surface area (Å²) in [5.74, 6) is -1.23. The highest BCUT2D eigenvalue weighted by Gasteiger charge is 2.31. The molecule has 0 atom stereocenters. The first-order chi connectivity index (χ1) is 9.18. The molecule has 2 rings (SSSR count). The summed E-state index contributed by atoms with van der Waals surface area (Å²) < 4.78 is 40.0. The van der Waals surface area contributed by atoms with E-state index in [9.17, 15) is 18.0 Å². The van der Waals surface area contributed by atoms with E-state index in [-0.39, 0.29) is 16.4 Å². The number of alkyl halides is 3. The lowest BCUT2D eigenvalue weighted by Crippen LogP contribution is -2.09. The summed E-state index contributed by atoms with van der Waals surface area (Å²) in [6.45, 7) is 0. The molecule has 0 aliphatic heterocycles. The van der Waals surface area contributed by atoms with E-state index >= 15 is 0 Å². The predicted octanol–water partition coefficient (Wildman–Crippen LogP) is 4.45. The van der Waals surface area contributed by atoms with Crippen LogP contribution in [0.3, 0.4) is 0 Å². The zero-order valence-electron chi connectivity index (χ0n) is 9.58. The molecule has 1 heterocycles. The lowest BCUT2D eigenvalue weighted by molar-refractivity contribution is -0.137. The molecule has 2 aromatic rings. The van der Waals surface area contributed by atoms with Crippen LogP contribution in [0.2, 0.25) is 5.02 Å². The number of hydrogen-bond donors (Lipinski definition) is 1. The van der Waals surface area contributed by atoms with E-state index in [1.54, 1.807) is 0 Å². The maximum Gasteiger partial charge on any atom is 0.416 e. The van der Waals surface area contributed by atoms with Gasteiger partial charge < -0.3 is 9.67 Å². The molecule has 0 spiro atoms. The Kier molecular flexibility index (Phi) is 4.01. The number of carboxylic acids is 1. The van der Waals surface area contributed by atoms with Crippen LogP contribution in [0, 0.1) is 3.57 Å². The normalized spacial score (nSPS) is 11.7. The van der Waals surface area contributed by atoms with E-state index in [4.69, 9.17) is 16.7 Å². The van der Waals surface area contributed by atoms with Gasteiger partial charge in [0.15, 0.2) is 0 Å².